The monoisotopic (exact) mass is 462 g/mol. The molecule has 0 saturated carbocycles. The highest BCUT2D eigenvalue weighted by Gasteiger charge is 2.17. The number of nitrogens with two attached hydrogens (primary N) is 1. The van der Waals surface area contributed by atoms with Crippen LogP contribution in [0.15, 0.2) is 69.7 Å². The van der Waals surface area contributed by atoms with E-state index in [-0.39, 0.29) is 28.4 Å². The molecule has 0 aliphatic rings. The summed E-state index contributed by atoms with van der Waals surface area (Å²) in [6.07, 6.45) is 0. The molecule has 0 saturated heterocycles. The third-order valence-corrected chi connectivity index (χ3v) is 5.05. The van der Waals surface area contributed by atoms with Gasteiger partial charge in [0.15, 0.2) is 11.6 Å². The summed E-state index contributed by atoms with van der Waals surface area (Å²) in [5.41, 5.74) is 17.7. The first kappa shape index (κ1) is 25.9. The van der Waals surface area contributed by atoms with Crippen molar-refractivity contribution in [1.29, 1.82) is 10.9 Å². The van der Waals surface area contributed by atoms with Crippen molar-refractivity contribution >= 4 is 28.9 Å². The lowest BCUT2D eigenvalue weighted by molar-refractivity contribution is 0.0955. The van der Waals surface area contributed by atoms with Gasteiger partial charge < -0.3 is 16.2 Å². The van der Waals surface area contributed by atoms with E-state index in [4.69, 9.17) is 16.7 Å². The van der Waals surface area contributed by atoms with E-state index in [1.165, 1.54) is 19.1 Å². The lowest BCUT2D eigenvalue weighted by Crippen LogP contribution is -2.24. The number of hydrogen-bond donors (Lipinski definition) is 6. The smallest absolute Gasteiger partial charge is 0.271 e. The van der Waals surface area contributed by atoms with Crippen LogP contribution in [0.1, 0.15) is 54.7 Å². The first-order valence-electron chi connectivity index (χ1n) is 10.5. The molecule has 0 bridgehead atoms. The highest BCUT2D eigenvalue weighted by molar-refractivity contribution is 6.46. The van der Waals surface area contributed by atoms with E-state index in [1.807, 2.05) is 24.3 Å². The average Bonchev–Trinajstić information content (AvgIpc) is 2.82. The average molecular weight is 463 g/mol. The van der Waals surface area contributed by atoms with E-state index in [2.05, 4.69) is 46.9 Å². The van der Waals surface area contributed by atoms with Crippen LogP contribution in [0.2, 0.25) is 0 Å². The van der Waals surface area contributed by atoms with Gasteiger partial charge in [-0.15, -0.1) is 5.10 Å². The summed E-state index contributed by atoms with van der Waals surface area (Å²) >= 11 is 0. The molecule has 178 valence electrons. The maximum absolute atomic E-state index is 12.4. The molecule has 0 fully saturated rings. The molecule has 2 rings (SSSR count). The van der Waals surface area contributed by atoms with Gasteiger partial charge in [-0.1, -0.05) is 62.4 Å². The summed E-state index contributed by atoms with van der Waals surface area (Å²) in [6, 6.07) is 13.9. The number of hydrazone groups is 1. The summed E-state index contributed by atoms with van der Waals surface area (Å²) in [7, 11) is 1.66. The maximum atomic E-state index is 12.4. The fourth-order valence-electron chi connectivity index (χ4n) is 2.99. The van der Waals surface area contributed by atoms with E-state index in [0.29, 0.717) is 16.8 Å². The van der Waals surface area contributed by atoms with Crippen molar-refractivity contribution in [1.82, 2.24) is 10.7 Å². The number of amidine groups is 1. The topological polar surface area (TPSA) is 172 Å². The number of carbonyl (C=O) groups excluding carboxylic acids is 1. The van der Waals surface area contributed by atoms with Crippen molar-refractivity contribution in [3.8, 4) is 0 Å². The highest BCUT2D eigenvalue weighted by atomic mass is 16.3. The van der Waals surface area contributed by atoms with Gasteiger partial charge in [0, 0.05) is 23.7 Å². The summed E-state index contributed by atoms with van der Waals surface area (Å²) in [6.45, 7) is 7.86. The van der Waals surface area contributed by atoms with Gasteiger partial charge in [-0.05, 0) is 30.0 Å². The van der Waals surface area contributed by atoms with Gasteiger partial charge in [0.05, 0.1) is 11.4 Å². The van der Waals surface area contributed by atoms with E-state index in [9.17, 15) is 9.90 Å². The Morgan fingerprint density at radius 1 is 1.00 bits per heavy atom. The molecule has 0 aromatic heterocycles. The van der Waals surface area contributed by atoms with Crippen molar-refractivity contribution in [2.75, 3.05) is 7.05 Å². The van der Waals surface area contributed by atoms with Crippen LogP contribution in [0, 0.1) is 10.9 Å². The zero-order chi connectivity index (χ0) is 25.5. The third kappa shape index (κ3) is 6.35. The molecule has 10 nitrogen and oxygen atoms in total. The Bertz CT molecular complexity index is 1150. The van der Waals surface area contributed by atoms with Gasteiger partial charge in [0.2, 0.25) is 0 Å². The largest absolute Gasteiger partial charge is 0.504 e. The highest BCUT2D eigenvalue weighted by Crippen LogP contribution is 2.24. The molecule has 2 aromatic carbocycles. The minimum Gasteiger partial charge on any atom is -0.504 e. The van der Waals surface area contributed by atoms with Gasteiger partial charge in [0.25, 0.3) is 5.91 Å². The molecule has 0 spiro atoms. The molecular formula is C24H30N8O2. The third-order valence-electron chi connectivity index (χ3n) is 5.05. The lowest BCUT2D eigenvalue weighted by atomic mass is 9.86. The van der Waals surface area contributed by atoms with Crippen molar-refractivity contribution < 1.29 is 9.90 Å². The zero-order valence-electron chi connectivity index (χ0n) is 19.9. The fourth-order valence-corrected chi connectivity index (χ4v) is 2.99. The molecule has 10 heteroatoms. The standard InChI is InChI=1S/C24H30N8O2/c1-14(29-31-23(34)17-8-6-16(7-9-17)22(26)30-32-27)19(25)21(33)20(28-5)15-10-12-18(13-11-15)24(2,3)4/h6-13,25,28,33H,1-5H3,(H,31,34)(H3,26,27,30)/b21-20+,25-19?,29-14+. The predicted molar refractivity (Wildman–Crippen MR) is 134 cm³/mol. The van der Waals surface area contributed by atoms with E-state index in [1.54, 1.807) is 19.2 Å². The first-order chi connectivity index (χ1) is 16.0. The van der Waals surface area contributed by atoms with E-state index in [0.717, 1.165) is 11.1 Å². The number of nitrogens with zero attached hydrogens (tertiary/aromatic N) is 3. The number of allylic oxidation sites excluding steroid dienone is 1. The number of aliphatic hydroxyl groups is 1. The van der Waals surface area contributed by atoms with Crippen LogP contribution in [0.5, 0.6) is 0 Å². The second-order valence-corrected chi connectivity index (χ2v) is 8.48. The molecule has 1 amide bonds. The van der Waals surface area contributed by atoms with Gasteiger partial charge in [0.1, 0.15) is 5.71 Å². The maximum Gasteiger partial charge on any atom is 0.271 e. The van der Waals surface area contributed by atoms with Crippen molar-refractivity contribution in [2.45, 2.75) is 33.1 Å². The Labute approximate surface area is 198 Å². The number of hydrogen-bond acceptors (Lipinski definition) is 7. The van der Waals surface area contributed by atoms with Crippen molar-refractivity contribution in [3.63, 3.8) is 0 Å². The summed E-state index contributed by atoms with van der Waals surface area (Å²) in [4.78, 5) is 12.4. The number of benzene rings is 2. The van der Waals surface area contributed by atoms with Crippen molar-refractivity contribution in [3.05, 3.63) is 76.5 Å². The minimum absolute atomic E-state index is 0.00344. The number of nitrogens with one attached hydrogen (secondary N) is 4. The summed E-state index contributed by atoms with van der Waals surface area (Å²) < 4.78 is 0. The quantitative estimate of drug-likeness (QED) is 0.115. The molecule has 0 heterocycles. The van der Waals surface area contributed by atoms with Crippen LogP contribution < -0.4 is 16.5 Å². The molecule has 0 aliphatic heterocycles. The van der Waals surface area contributed by atoms with Crippen LogP contribution in [-0.2, 0) is 5.41 Å². The lowest BCUT2D eigenvalue weighted by Gasteiger charge is -2.20. The number of rotatable bonds is 8. The summed E-state index contributed by atoms with van der Waals surface area (Å²) in [5, 5.41) is 32.2. The normalized spacial score (nSPS) is 13.1. The molecule has 34 heavy (non-hydrogen) atoms. The van der Waals surface area contributed by atoms with Crippen molar-refractivity contribution in [2.24, 2.45) is 21.2 Å². The molecule has 2 aromatic rings. The molecule has 0 atom stereocenters. The molecular weight excluding hydrogens is 432 g/mol. The van der Waals surface area contributed by atoms with Crippen LogP contribution in [0.25, 0.3) is 5.70 Å². The van der Waals surface area contributed by atoms with Crippen LogP contribution in [-0.4, -0.2) is 35.3 Å². The number of amides is 1. The van der Waals surface area contributed by atoms with E-state index >= 15 is 0 Å². The zero-order valence-corrected chi connectivity index (χ0v) is 19.9. The van der Waals surface area contributed by atoms with Gasteiger partial charge in [-0.3, -0.25) is 10.2 Å². The fraction of sp³-hybridized carbons (Fsp3) is 0.250. The molecule has 0 radical (unpaired) electrons. The van der Waals surface area contributed by atoms with Gasteiger partial charge >= 0.3 is 0 Å². The molecule has 0 unspecified atom stereocenters. The Morgan fingerprint density at radius 2 is 1.53 bits per heavy atom. The minimum atomic E-state index is -0.505. The van der Waals surface area contributed by atoms with E-state index < -0.39 is 5.91 Å². The Kier molecular flexibility index (Phi) is 8.38. The van der Waals surface area contributed by atoms with Crippen LogP contribution >= 0.6 is 0 Å². The van der Waals surface area contributed by atoms with Gasteiger partial charge in [-0.2, -0.15) is 10.6 Å². The SMILES string of the molecule is CN/C(=C(/O)C(=N)/C(C)=N/NC(=O)c1ccc(/C(N)=N/N=N)cc1)c1ccc(C(C)(C)C)cc1. The second kappa shape index (κ2) is 11.0. The number of carbonyl (C=O) groups is 1. The number of aliphatic hydroxyl groups excluding tert-OH is 1. The van der Waals surface area contributed by atoms with Crippen LogP contribution in [0.4, 0.5) is 0 Å². The molecule has 0 aliphatic carbocycles. The summed E-state index contributed by atoms with van der Waals surface area (Å²) in [5.74, 6) is -0.741. The molecule has 7 N–H and O–H groups in total. The van der Waals surface area contributed by atoms with Crippen LogP contribution in [0.3, 0.4) is 0 Å². The van der Waals surface area contributed by atoms with Gasteiger partial charge in [-0.25, -0.2) is 5.43 Å². The Morgan fingerprint density at radius 3 is 2.03 bits per heavy atom. The second-order valence-electron chi connectivity index (χ2n) is 8.48. The predicted octanol–water partition coefficient (Wildman–Crippen LogP) is 3.91. The Hall–Kier alpha value is -4.34. The first-order valence-corrected chi connectivity index (χ1v) is 10.5. The Balaban J connectivity index is 2.18.